The molecule has 5 heterocycles. The number of amides is 1. The molecule has 158 valence electrons. The number of piperazine rings is 1. The van der Waals surface area contributed by atoms with Gasteiger partial charge in [-0.2, -0.15) is 5.10 Å². The van der Waals surface area contributed by atoms with Crippen molar-refractivity contribution in [1.29, 1.82) is 0 Å². The fourth-order valence-electron chi connectivity index (χ4n) is 4.02. The van der Waals surface area contributed by atoms with Gasteiger partial charge in [0.15, 0.2) is 11.4 Å². The lowest BCUT2D eigenvalue weighted by Gasteiger charge is -2.36. The lowest BCUT2D eigenvalue weighted by molar-refractivity contribution is 0.0748. The molecule has 31 heavy (non-hydrogen) atoms. The van der Waals surface area contributed by atoms with Gasteiger partial charge in [0.1, 0.15) is 5.69 Å². The normalized spacial score (nSPS) is 14.5. The Balaban J connectivity index is 1.47. The third-order valence-corrected chi connectivity index (χ3v) is 5.65. The van der Waals surface area contributed by atoms with E-state index in [1.54, 1.807) is 24.9 Å². The maximum atomic E-state index is 13.6. The first-order valence-corrected chi connectivity index (χ1v) is 10.5. The Hall–Kier alpha value is -3.68. The molecule has 0 saturated carbocycles. The first-order valence-electron chi connectivity index (χ1n) is 10.5. The predicted molar refractivity (Wildman–Crippen MR) is 118 cm³/mol. The number of rotatable bonds is 4. The number of aromatic nitrogens is 4. The molecule has 0 aliphatic carbocycles. The highest BCUT2D eigenvalue weighted by molar-refractivity contribution is 6.06. The number of hydrogen-bond donors (Lipinski definition) is 0. The van der Waals surface area contributed by atoms with Gasteiger partial charge in [-0.05, 0) is 44.2 Å². The van der Waals surface area contributed by atoms with Crippen LogP contribution in [0.4, 0.5) is 5.69 Å². The third kappa shape index (κ3) is 3.54. The summed E-state index contributed by atoms with van der Waals surface area (Å²) in [5, 5.41) is 5.26. The number of carbonyl (C=O) groups excluding carboxylic acids is 1. The van der Waals surface area contributed by atoms with Crippen LogP contribution in [0.2, 0.25) is 0 Å². The number of anilines is 1. The van der Waals surface area contributed by atoms with E-state index in [9.17, 15) is 4.79 Å². The van der Waals surface area contributed by atoms with Crippen LogP contribution in [-0.4, -0.2) is 56.7 Å². The zero-order valence-electron chi connectivity index (χ0n) is 17.6. The summed E-state index contributed by atoms with van der Waals surface area (Å²) in [6.07, 6.45) is 6.95. The Morgan fingerprint density at radius 1 is 1.10 bits per heavy atom. The summed E-state index contributed by atoms with van der Waals surface area (Å²) in [6, 6.07) is 9.63. The van der Waals surface area contributed by atoms with Crippen LogP contribution in [0.25, 0.3) is 22.5 Å². The van der Waals surface area contributed by atoms with E-state index < -0.39 is 0 Å². The standard InChI is InChI=1S/C23H24N6O2/c1-16(2)29-22-19(15-25-29)18(14-20(26-22)21-4-3-13-31-21)23(30)28-11-9-27(10-12-28)17-5-7-24-8-6-17/h3-8,13-16H,9-12H2,1-2H3. The number of pyridine rings is 2. The molecule has 1 aliphatic rings. The molecule has 0 aromatic carbocycles. The van der Waals surface area contributed by atoms with Crippen LogP contribution >= 0.6 is 0 Å². The molecule has 0 bridgehead atoms. The van der Waals surface area contributed by atoms with Gasteiger partial charge in [0.2, 0.25) is 0 Å². The Morgan fingerprint density at radius 2 is 1.87 bits per heavy atom. The molecule has 1 aliphatic heterocycles. The molecule has 1 fully saturated rings. The molecule has 5 rings (SSSR count). The largest absolute Gasteiger partial charge is 0.463 e. The van der Waals surface area contributed by atoms with Crippen LogP contribution < -0.4 is 4.90 Å². The lowest BCUT2D eigenvalue weighted by Crippen LogP contribution is -2.48. The number of hydrogen-bond acceptors (Lipinski definition) is 6. The monoisotopic (exact) mass is 416 g/mol. The van der Waals surface area contributed by atoms with Crippen molar-refractivity contribution in [2.45, 2.75) is 19.9 Å². The van der Waals surface area contributed by atoms with Crippen LogP contribution in [-0.2, 0) is 0 Å². The molecule has 4 aromatic heterocycles. The minimum atomic E-state index is -0.00195. The van der Waals surface area contributed by atoms with E-state index >= 15 is 0 Å². The predicted octanol–water partition coefficient (Wildman–Crippen LogP) is 3.63. The average molecular weight is 416 g/mol. The molecule has 8 nitrogen and oxygen atoms in total. The van der Waals surface area contributed by atoms with Gasteiger partial charge in [0.05, 0.1) is 23.4 Å². The van der Waals surface area contributed by atoms with Crippen molar-refractivity contribution < 1.29 is 9.21 Å². The second kappa shape index (κ2) is 7.86. The molecule has 0 atom stereocenters. The summed E-state index contributed by atoms with van der Waals surface area (Å²) < 4.78 is 7.41. The summed E-state index contributed by atoms with van der Waals surface area (Å²) in [5.41, 5.74) is 3.08. The van der Waals surface area contributed by atoms with Gasteiger partial charge in [-0.1, -0.05) is 0 Å². The van der Waals surface area contributed by atoms with Crippen molar-refractivity contribution in [3.63, 3.8) is 0 Å². The van der Waals surface area contributed by atoms with Crippen LogP contribution in [0.1, 0.15) is 30.2 Å². The first kappa shape index (κ1) is 19.3. The lowest BCUT2D eigenvalue weighted by atomic mass is 10.1. The SMILES string of the molecule is CC(C)n1ncc2c(C(=O)N3CCN(c4ccncc4)CC3)cc(-c3ccco3)nc21. The molecule has 4 aromatic rings. The summed E-state index contributed by atoms with van der Waals surface area (Å²) >= 11 is 0. The Labute approximate surface area is 180 Å². The van der Waals surface area contributed by atoms with Gasteiger partial charge in [-0.25, -0.2) is 9.67 Å². The number of carbonyl (C=O) groups is 1. The van der Waals surface area contributed by atoms with Crippen molar-refractivity contribution in [2.24, 2.45) is 0 Å². The molecule has 0 spiro atoms. The topological polar surface area (TPSA) is 80.3 Å². The van der Waals surface area contributed by atoms with Crippen molar-refractivity contribution in [3.05, 3.63) is 60.7 Å². The molecule has 0 unspecified atom stereocenters. The van der Waals surface area contributed by atoms with Crippen LogP contribution in [0.5, 0.6) is 0 Å². The average Bonchev–Trinajstić information content (AvgIpc) is 3.49. The second-order valence-electron chi connectivity index (χ2n) is 7.94. The minimum absolute atomic E-state index is 0.00195. The van der Waals surface area contributed by atoms with E-state index in [1.807, 2.05) is 53.8 Å². The quantitative estimate of drug-likeness (QED) is 0.505. The smallest absolute Gasteiger partial charge is 0.254 e. The Bertz CT molecular complexity index is 1190. The Morgan fingerprint density at radius 3 is 2.55 bits per heavy atom. The fourth-order valence-corrected chi connectivity index (χ4v) is 4.02. The Kier molecular flexibility index (Phi) is 4.89. The van der Waals surface area contributed by atoms with Crippen molar-refractivity contribution in [1.82, 2.24) is 24.6 Å². The van der Waals surface area contributed by atoms with Crippen molar-refractivity contribution in [3.8, 4) is 11.5 Å². The number of fused-ring (bicyclic) bond motifs is 1. The summed E-state index contributed by atoms with van der Waals surface area (Å²) in [7, 11) is 0. The molecule has 0 radical (unpaired) electrons. The molecule has 8 heteroatoms. The fraction of sp³-hybridized carbons (Fsp3) is 0.304. The van der Waals surface area contributed by atoms with E-state index in [1.165, 1.54) is 0 Å². The highest BCUT2D eigenvalue weighted by atomic mass is 16.3. The van der Waals surface area contributed by atoms with Crippen molar-refractivity contribution in [2.75, 3.05) is 31.1 Å². The van der Waals surface area contributed by atoms with Crippen LogP contribution in [0.15, 0.2) is 59.6 Å². The number of nitrogens with zero attached hydrogens (tertiary/aromatic N) is 6. The van der Waals surface area contributed by atoms with E-state index in [4.69, 9.17) is 9.40 Å². The molecular weight excluding hydrogens is 392 g/mol. The second-order valence-corrected chi connectivity index (χ2v) is 7.94. The van der Waals surface area contributed by atoms with Crippen molar-refractivity contribution >= 4 is 22.6 Å². The zero-order valence-corrected chi connectivity index (χ0v) is 17.6. The summed E-state index contributed by atoms with van der Waals surface area (Å²) in [4.78, 5) is 26.6. The summed E-state index contributed by atoms with van der Waals surface area (Å²) in [6.45, 7) is 6.96. The van der Waals surface area contributed by atoms with E-state index in [2.05, 4.69) is 15.0 Å². The van der Waals surface area contributed by atoms with Gasteiger partial charge in [-0.3, -0.25) is 9.78 Å². The highest BCUT2D eigenvalue weighted by Gasteiger charge is 2.26. The first-order chi connectivity index (χ1) is 15.1. The highest BCUT2D eigenvalue weighted by Crippen LogP contribution is 2.28. The summed E-state index contributed by atoms with van der Waals surface area (Å²) in [5.74, 6) is 0.632. The molecule has 1 saturated heterocycles. The molecule has 1 amide bonds. The maximum Gasteiger partial charge on any atom is 0.254 e. The van der Waals surface area contributed by atoms with Gasteiger partial charge in [0, 0.05) is 50.3 Å². The van der Waals surface area contributed by atoms with Crippen LogP contribution in [0, 0.1) is 0 Å². The van der Waals surface area contributed by atoms with E-state index in [0.717, 1.165) is 24.2 Å². The third-order valence-electron chi connectivity index (χ3n) is 5.65. The number of furan rings is 1. The molecule has 0 N–H and O–H groups in total. The van der Waals surface area contributed by atoms with E-state index in [0.29, 0.717) is 35.8 Å². The van der Waals surface area contributed by atoms with Gasteiger partial charge in [-0.15, -0.1) is 0 Å². The zero-order chi connectivity index (χ0) is 21.4. The minimum Gasteiger partial charge on any atom is -0.463 e. The molecular formula is C23H24N6O2. The maximum absolute atomic E-state index is 13.6. The van der Waals surface area contributed by atoms with Gasteiger partial charge >= 0.3 is 0 Å². The van der Waals surface area contributed by atoms with Gasteiger partial charge in [0.25, 0.3) is 5.91 Å². The van der Waals surface area contributed by atoms with E-state index in [-0.39, 0.29) is 11.9 Å². The van der Waals surface area contributed by atoms with Gasteiger partial charge < -0.3 is 14.2 Å². The van der Waals surface area contributed by atoms with Crippen LogP contribution in [0.3, 0.4) is 0 Å².